The van der Waals surface area contributed by atoms with Gasteiger partial charge in [-0.2, -0.15) is 0 Å². The van der Waals surface area contributed by atoms with E-state index < -0.39 is 0 Å². The monoisotopic (exact) mass is 426 g/mol. The molecule has 2 aromatic carbocycles. The average molecular weight is 427 g/mol. The van der Waals surface area contributed by atoms with Gasteiger partial charge in [-0.25, -0.2) is 4.39 Å². The molecule has 3 N–H and O–H groups in total. The number of rotatable bonds is 8. The van der Waals surface area contributed by atoms with E-state index in [4.69, 9.17) is 5.73 Å². The third kappa shape index (κ3) is 6.04. The number of hydrogen-bond acceptors (Lipinski definition) is 4. The number of nitrogens with one attached hydrogen (secondary N) is 1. The molecule has 0 saturated heterocycles. The van der Waals surface area contributed by atoms with Crippen molar-refractivity contribution in [2.45, 2.75) is 11.3 Å². The van der Waals surface area contributed by atoms with Crippen LogP contribution in [0.1, 0.15) is 11.3 Å². The van der Waals surface area contributed by atoms with Crippen LogP contribution in [0.3, 0.4) is 0 Å². The Hall–Kier alpha value is -2.90. The first-order valence-corrected chi connectivity index (χ1v) is 10.7. The second-order valence-corrected chi connectivity index (χ2v) is 8.32. The lowest BCUT2D eigenvalue weighted by Crippen LogP contribution is -2.11. The van der Waals surface area contributed by atoms with Crippen molar-refractivity contribution in [3.8, 4) is 10.4 Å². The zero-order valence-electron chi connectivity index (χ0n) is 15.4. The molecule has 0 unspecified atom stereocenters. The van der Waals surface area contributed by atoms with Crippen LogP contribution in [0, 0.1) is 5.82 Å². The van der Waals surface area contributed by atoms with Crippen LogP contribution in [0.2, 0.25) is 0 Å². The quantitative estimate of drug-likeness (QED) is 0.385. The van der Waals surface area contributed by atoms with E-state index in [0.717, 1.165) is 14.6 Å². The Balaban J connectivity index is 1.64. The van der Waals surface area contributed by atoms with Crippen molar-refractivity contribution >= 4 is 46.7 Å². The average Bonchev–Trinajstić information content (AvgIpc) is 3.17. The number of hydrogen-bond donors (Lipinski definition) is 2. The van der Waals surface area contributed by atoms with Crippen molar-refractivity contribution in [1.82, 2.24) is 0 Å². The lowest BCUT2D eigenvalue weighted by atomic mass is 10.2. The van der Waals surface area contributed by atoms with E-state index in [9.17, 15) is 14.0 Å². The fraction of sp³-hybridized carbons (Fsp3) is 0.0909. The van der Waals surface area contributed by atoms with Crippen molar-refractivity contribution < 1.29 is 14.0 Å². The van der Waals surface area contributed by atoms with Gasteiger partial charge < -0.3 is 11.1 Å². The third-order valence-corrected chi connectivity index (χ3v) is 6.08. The summed E-state index contributed by atoms with van der Waals surface area (Å²) in [4.78, 5) is 25.7. The van der Waals surface area contributed by atoms with Crippen LogP contribution in [0.15, 0.2) is 71.6 Å². The second kappa shape index (κ2) is 10.0. The van der Waals surface area contributed by atoms with Gasteiger partial charge in [0.1, 0.15) is 5.82 Å². The van der Waals surface area contributed by atoms with Gasteiger partial charge in [-0.05, 0) is 36.4 Å². The van der Waals surface area contributed by atoms with Crippen LogP contribution >= 0.6 is 23.1 Å². The van der Waals surface area contributed by atoms with Crippen LogP contribution in [-0.2, 0) is 9.59 Å². The number of primary amides is 1. The predicted octanol–water partition coefficient (Wildman–Crippen LogP) is 5.17. The first-order valence-electron chi connectivity index (χ1n) is 8.87. The van der Waals surface area contributed by atoms with Gasteiger partial charge in [0.15, 0.2) is 0 Å². The Morgan fingerprint density at radius 1 is 1.07 bits per heavy atom. The fourth-order valence-corrected chi connectivity index (χ4v) is 4.45. The van der Waals surface area contributed by atoms with Gasteiger partial charge in [0.2, 0.25) is 11.8 Å². The summed E-state index contributed by atoms with van der Waals surface area (Å²) < 4.78 is 13.9. The molecule has 0 aliphatic carbocycles. The van der Waals surface area contributed by atoms with Crippen LogP contribution in [-0.4, -0.2) is 17.6 Å². The highest BCUT2D eigenvalue weighted by Gasteiger charge is 2.08. The second-order valence-electron chi connectivity index (χ2n) is 6.07. The highest BCUT2D eigenvalue weighted by molar-refractivity contribution is 7.99. The maximum absolute atomic E-state index is 13.9. The molecule has 2 amide bonds. The summed E-state index contributed by atoms with van der Waals surface area (Å²) in [5, 5.41) is 2.85. The number of nitrogens with two attached hydrogens (primary N) is 1. The number of anilines is 1. The molecule has 0 radical (unpaired) electrons. The molecule has 0 aliphatic heterocycles. The molecule has 0 saturated carbocycles. The van der Waals surface area contributed by atoms with Gasteiger partial charge in [-0.1, -0.05) is 30.3 Å². The van der Waals surface area contributed by atoms with Gasteiger partial charge in [0.25, 0.3) is 0 Å². The molecule has 7 heteroatoms. The first kappa shape index (κ1) is 20.8. The molecule has 0 bridgehead atoms. The first-order chi connectivity index (χ1) is 14.0. The maximum Gasteiger partial charge on any atom is 0.248 e. The minimum atomic E-state index is -0.354. The number of thioether (sulfide) groups is 1. The molecule has 29 heavy (non-hydrogen) atoms. The van der Waals surface area contributed by atoms with E-state index in [1.807, 2.05) is 30.3 Å². The zero-order valence-corrected chi connectivity index (χ0v) is 17.1. The minimum absolute atomic E-state index is 0.270. The fourth-order valence-electron chi connectivity index (χ4n) is 2.54. The van der Waals surface area contributed by atoms with Gasteiger partial charge in [0.05, 0.1) is 5.69 Å². The number of benzene rings is 2. The highest BCUT2D eigenvalue weighted by atomic mass is 32.2. The highest BCUT2D eigenvalue weighted by Crippen LogP contribution is 2.31. The molecule has 0 spiro atoms. The van der Waals surface area contributed by atoms with Crippen molar-refractivity contribution in [2.75, 3.05) is 11.1 Å². The number of carbonyl (C=O) groups excluding carboxylic acids is 2. The maximum atomic E-state index is 13.9. The zero-order chi connectivity index (χ0) is 20.6. The van der Waals surface area contributed by atoms with E-state index in [2.05, 4.69) is 5.32 Å². The summed E-state index contributed by atoms with van der Waals surface area (Å²) >= 11 is 2.87. The molecule has 0 fully saturated rings. The summed E-state index contributed by atoms with van der Waals surface area (Å²) in [5.74, 6) is -0.346. The van der Waals surface area contributed by atoms with E-state index >= 15 is 0 Å². The lowest BCUT2D eigenvalue weighted by Gasteiger charge is -2.08. The molecule has 3 rings (SSSR count). The van der Waals surface area contributed by atoms with E-state index in [1.54, 1.807) is 30.3 Å². The summed E-state index contributed by atoms with van der Waals surface area (Å²) in [6, 6.07) is 17.7. The van der Waals surface area contributed by atoms with E-state index in [-0.39, 0.29) is 24.1 Å². The summed E-state index contributed by atoms with van der Waals surface area (Å²) in [5.41, 5.74) is 6.39. The van der Waals surface area contributed by atoms with Crippen molar-refractivity contribution in [2.24, 2.45) is 5.73 Å². The van der Waals surface area contributed by atoms with Crippen LogP contribution in [0.4, 0.5) is 10.1 Å². The van der Waals surface area contributed by atoms with Gasteiger partial charge in [0, 0.05) is 38.5 Å². The third-order valence-electron chi connectivity index (χ3n) is 3.92. The SMILES string of the molecule is NC(=O)CCSc1ccccc1NC(=O)C=Cc1ccc(-c2ccccc2F)s1. The van der Waals surface area contributed by atoms with Crippen molar-refractivity contribution in [3.05, 3.63) is 77.4 Å². The Labute approximate surface area is 176 Å². The van der Waals surface area contributed by atoms with Crippen LogP contribution in [0.25, 0.3) is 16.5 Å². The summed E-state index contributed by atoms with van der Waals surface area (Å²) in [6.45, 7) is 0. The van der Waals surface area contributed by atoms with E-state index in [0.29, 0.717) is 17.0 Å². The molecule has 3 aromatic rings. The molecule has 4 nitrogen and oxygen atoms in total. The largest absolute Gasteiger partial charge is 0.370 e. The Morgan fingerprint density at radius 3 is 2.62 bits per heavy atom. The molecule has 148 valence electrons. The summed E-state index contributed by atoms with van der Waals surface area (Å²) in [7, 11) is 0. The van der Waals surface area contributed by atoms with Crippen LogP contribution < -0.4 is 11.1 Å². The Bertz CT molecular complexity index is 1050. The Morgan fingerprint density at radius 2 is 1.83 bits per heavy atom. The number of thiophene rings is 1. The molecule has 1 heterocycles. The van der Waals surface area contributed by atoms with Gasteiger partial charge in [-0.3, -0.25) is 9.59 Å². The molecular weight excluding hydrogens is 407 g/mol. The lowest BCUT2D eigenvalue weighted by molar-refractivity contribution is -0.117. The van der Waals surface area contributed by atoms with E-state index in [1.165, 1.54) is 35.2 Å². The molecule has 0 atom stereocenters. The standard InChI is InChI=1S/C22H19FN2O2S2/c23-17-6-2-1-5-16(17)19-11-9-15(29-19)10-12-22(27)25-18-7-3-4-8-20(18)28-14-13-21(24)26/h1-12H,13-14H2,(H2,24,26)(H,25,27). The van der Waals surface area contributed by atoms with Gasteiger partial charge in [-0.15, -0.1) is 23.1 Å². The van der Waals surface area contributed by atoms with Crippen molar-refractivity contribution in [3.63, 3.8) is 0 Å². The number of carbonyl (C=O) groups is 2. The molecule has 0 aliphatic rings. The number of amides is 2. The van der Waals surface area contributed by atoms with Crippen molar-refractivity contribution in [1.29, 1.82) is 0 Å². The topological polar surface area (TPSA) is 72.2 Å². The number of para-hydroxylation sites is 1. The number of halogens is 1. The Kier molecular flexibility index (Phi) is 7.21. The minimum Gasteiger partial charge on any atom is -0.370 e. The molecule has 1 aromatic heterocycles. The normalized spacial score (nSPS) is 10.9. The summed E-state index contributed by atoms with van der Waals surface area (Å²) in [6.07, 6.45) is 3.42. The molecular formula is C22H19FN2O2S2. The predicted molar refractivity (Wildman–Crippen MR) is 118 cm³/mol. The van der Waals surface area contributed by atoms with Crippen LogP contribution in [0.5, 0.6) is 0 Å². The smallest absolute Gasteiger partial charge is 0.248 e. The van der Waals surface area contributed by atoms with Gasteiger partial charge >= 0.3 is 0 Å².